The fourth-order valence-electron chi connectivity index (χ4n) is 5.62. The molecule has 1 aromatic heterocycles. The summed E-state index contributed by atoms with van der Waals surface area (Å²) >= 11 is 0. The summed E-state index contributed by atoms with van der Waals surface area (Å²) < 4.78 is 80.1. The van der Waals surface area contributed by atoms with Crippen molar-refractivity contribution in [1.29, 1.82) is 0 Å². The Kier molecular flexibility index (Phi) is 9.52. The standard InChI is InChI=1S/C33H32F6N4O2/c34-32(35,36)24-16-22(17-25(19-24)33(37,38)39)10-11-30(44)29(18-23-20-40-28-9-5-4-8-27(23)28)41-31(45)21-42-12-14-43(15-13-42)26-6-2-1-3-7-26/h1-9,16-17,19-20,29,40H,10-15,18,21H2,(H,41,45). The van der Waals surface area contributed by atoms with Gasteiger partial charge in [0, 0.05) is 61.8 Å². The predicted octanol–water partition coefficient (Wildman–Crippen LogP) is 6.26. The largest absolute Gasteiger partial charge is 0.416 e. The SMILES string of the molecule is O=C(CN1CCN(c2ccccc2)CC1)NC(Cc1c[nH]c2ccccc12)C(=O)CCc1cc(C(F)(F)F)cc(C(F)(F)F)c1. The Morgan fingerprint density at radius 3 is 2.09 bits per heavy atom. The van der Waals surface area contributed by atoms with Crippen LogP contribution >= 0.6 is 0 Å². The van der Waals surface area contributed by atoms with E-state index >= 15 is 0 Å². The first-order chi connectivity index (χ1) is 21.4. The van der Waals surface area contributed by atoms with Crippen LogP contribution in [0.4, 0.5) is 32.0 Å². The van der Waals surface area contributed by atoms with Crippen LogP contribution in [0, 0.1) is 0 Å². The molecule has 0 saturated carbocycles. The number of fused-ring (bicyclic) bond motifs is 1. The van der Waals surface area contributed by atoms with E-state index in [0.717, 1.165) is 22.2 Å². The molecule has 2 N–H and O–H groups in total. The van der Waals surface area contributed by atoms with Crippen LogP contribution in [0.3, 0.4) is 0 Å². The Morgan fingerprint density at radius 1 is 0.822 bits per heavy atom. The van der Waals surface area contributed by atoms with E-state index in [4.69, 9.17) is 0 Å². The van der Waals surface area contributed by atoms with Crippen molar-refractivity contribution < 1.29 is 35.9 Å². The molecule has 1 fully saturated rings. The summed E-state index contributed by atoms with van der Waals surface area (Å²) in [6.45, 7) is 2.72. The van der Waals surface area contributed by atoms with Gasteiger partial charge in [0.2, 0.25) is 5.91 Å². The first-order valence-corrected chi connectivity index (χ1v) is 14.5. The van der Waals surface area contributed by atoms with E-state index in [9.17, 15) is 35.9 Å². The van der Waals surface area contributed by atoms with Gasteiger partial charge in [-0.3, -0.25) is 14.5 Å². The predicted molar refractivity (Wildman–Crippen MR) is 159 cm³/mol. The highest BCUT2D eigenvalue weighted by Gasteiger charge is 2.37. The van der Waals surface area contributed by atoms with Gasteiger partial charge in [-0.05, 0) is 53.9 Å². The van der Waals surface area contributed by atoms with Gasteiger partial charge in [0.25, 0.3) is 0 Å². The van der Waals surface area contributed by atoms with Crippen LogP contribution in [0.25, 0.3) is 10.9 Å². The van der Waals surface area contributed by atoms with Crippen molar-refractivity contribution in [3.8, 4) is 0 Å². The summed E-state index contributed by atoms with van der Waals surface area (Å²) in [6, 6.07) is 17.6. The minimum Gasteiger partial charge on any atom is -0.369 e. The summed E-state index contributed by atoms with van der Waals surface area (Å²) in [4.78, 5) is 34.0. The maximum atomic E-state index is 13.5. The molecule has 1 atom stereocenters. The Balaban J connectivity index is 1.28. The molecule has 1 aliphatic heterocycles. The van der Waals surface area contributed by atoms with Crippen LogP contribution in [0.1, 0.15) is 28.7 Å². The second-order valence-corrected chi connectivity index (χ2v) is 11.2. The number of para-hydroxylation sites is 2. The van der Waals surface area contributed by atoms with E-state index in [0.29, 0.717) is 38.3 Å². The second-order valence-electron chi connectivity index (χ2n) is 11.2. The third kappa shape index (κ3) is 8.24. The number of benzene rings is 3. The van der Waals surface area contributed by atoms with Crippen LogP contribution in [0.2, 0.25) is 0 Å². The fraction of sp³-hybridized carbons (Fsp3) is 0.333. The highest BCUT2D eigenvalue weighted by atomic mass is 19.4. The highest BCUT2D eigenvalue weighted by molar-refractivity contribution is 5.91. The van der Waals surface area contributed by atoms with Gasteiger partial charge in [-0.25, -0.2) is 0 Å². The Bertz CT molecular complexity index is 1590. The summed E-state index contributed by atoms with van der Waals surface area (Å²) in [7, 11) is 0. The summed E-state index contributed by atoms with van der Waals surface area (Å²) in [5, 5.41) is 3.64. The molecule has 0 spiro atoms. The smallest absolute Gasteiger partial charge is 0.369 e. The maximum absolute atomic E-state index is 13.5. The number of nitrogens with zero attached hydrogens (tertiary/aromatic N) is 2. The number of nitrogens with one attached hydrogen (secondary N) is 2. The average molecular weight is 631 g/mol. The van der Waals surface area contributed by atoms with Gasteiger partial charge in [0.05, 0.1) is 23.7 Å². The van der Waals surface area contributed by atoms with Gasteiger partial charge in [0.1, 0.15) is 0 Å². The third-order valence-corrected chi connectivity index (χ3v) is 7.99. The number of ketones is 1. The van der Waals surface area contributed by atoms with Crippen molar-refractivity contribution in [2.24, 2.45) is 0 Å². The fourth-order valence-corrected chi connectivity index (χ4v) is 5.62. The van der Waals surface area contributed by atoms with Gasteiger partial charge in [-0.1, -0.05) is 36.4 Å². The quantitative estimate of drug-likeness (QED) is 0.203. The number of H-pyrrole nitrogens is 1. The number of rotatable bonds is 10. The molecule has 238 valence electrons. The van der Waals surface area contributed by atoms with Gasteiger partial charge < -0.3 is 15.2 Å². The lowest BCUT2D eigenvalue weighted by molar-refractivity contribution is -0.143. The minimum atomic E-state index is -4.99. The first-order valence-electron chi connectivity index (χ1n) is 14.5. The molecule has 5 rings (SSSR count). The number of Topliss-reactive ketones (excluding diaryl/α,β-unsaturated/α-hetero) is 1. The normalized spacial score (nSPS) is 15.3. The van der Waals surface area contributed by atoms with E-state index in [1.54, 1.807) is 6.20 Å². The number of piperazine rings is 1. The number of hydrogen-bond donors (Lipinski definition) is 2. The van der Waals surface area contributed by atoms with Crippen molar-refractivity contribution in [2.45, 2.75) is 37.7 Å². The van der Waals surface area contributed by atoms with Gasteiger partial charge in [-0.2, -0.15) is 26.3 Å². The van der Waals surface area contributed by atoms with Crippen LogP contribution in [-0.2, 0) is 34.8 Å². The van der Waals surface area contributed by atoms with E-state index in [2.05, 4.69) is 15.2 Å². The molecular formula is C33H32F6N4O2. The lowest BCUT2D eigenvalue weighted by Crippen LogP contribution is -2.52. The third-order valence-electron chi connectivity index (χ3n) is 7.99. The van der Waals surface area contributed by atoms with E-state index < -0.39 is 35.3 Å². The second kappa shape index (κ2) is 13.4. The molecule has 3 aromatic carbocycles. The zero-order valence-electron chi connectivity index (χ0n) is 24.2. The summed E-state index contributed by atoms with van der Waals surface area (Å²) in [6.07, 6.45) is -8.86. The van der Waals surface area contributed by atoms with Gasteiger partial charge >= 0.3 is 12.4 Å². The number of amides is 1. The number of aryl methyl sites for hydroxylation is 1. The summed E-state index contributed by atoms with van der Waals surface area (Å²) in [5.41, 5.74) is -0.469. The Labute approximate surface area is 256 Å². The van der Waals surface area contributed by atoms with E-state index in [1.165, 1.54) is 0 Å². The lowest BCUT2D eigenvalue weighted by Gasteiger charge is -2.35. The lowest BCUT2D eigenvalue weighted by atomic mass is 9.95. The van der Waals surface area contributed by atoms with Crippen molar-refractivity contribution in [2.75, 3.05) is 37.6 Å². The zero-order chi connectivity index (χ0) is 32.2. The number of alkyl halides is 6. The molecule has 1 unspecified atom stereocenters. The molecule has 4 aromatic rings. The van der Waals surface area contributed by atoms with E-state index in [-0.39, 0.29) is 43.3 Å². The molecule has 45 heavy (non-hydrogen) atoms. The number of anilines is 1. The molecule has 0 aliphatic carbocycles. The number of carbonyl (C=O) groups is 2. The summed E-state index contributed by atoms with van der Waals surface area (Å²) in [5.74, 6) is -0.881. The number of carbonyl (C=O) groups excluding carboxylic acids is 2. The Hall–Kier alpha value is -4.32. The molecule has 0 bridgehead atoms. The molecule has 12 heteroatoms. The van der Waals surface area contributed by atoms with E-state index in [1.807, 2.05) is 59.5 Å². The molecule has 6 nitrogen and oxygen atoms in total. The highest BCUT2D eigenvalue weighted by Crippen LogP contribution is 2.36. The zero-order valence-corrected chi connectivity index (χ0v) is 24.2. The molecule has 0 radical (unpaired) electrons. The van der Waals surface area contributed by atoms with Crippen molar-refractivity contribution in [3.05, 3.63) is 101 Å². The van der Waals surface area contributed by atoms with Crippen LogP contribution < -0.4 is 10.2 Å². The van der Waals surface area contributed by atoms with Crippen LogP contribution in [0.15, 0.2) is 79.0 Å². The number of halogens is 6. The van der Waals surface area contributed by atoms with Crippen LogP contribution in [0.5, 0.6) is 0 Å². The first kappa shape index (κ1) is 32.1. The van der Waals surface area contributed by atoms with Crippen molar-refractivity contribution in [3.63, 3.8) is 0 Å². The molecule has 1 amide bonds. The van der Waals surface area contributed by atoms with Crippen molar-refractivity contribution >= 4 is 28.3 Å². The molecule has 1 saturated heterocycles. The molecule has 2 heterocycles. The number of aromatic nitrogens is 1. The maximum Gasteiger partial charge on any atom is 0.416 e. The monoisotopic (exact) mass is 630 g/mol. The number of hydrogen-bond acceptors (Lipinski definition) is 4. The number of aromatic amines is 1. The van der Waals surface area contributed by atoms with Gasteiger partial charge in [-0.15, -0.1) is 0 Å². The molecular weight excluding hydrogens is 598 g/mol. The van der Waals surface area contributed by atoms with Crippen LogP contribution in [-0.4, -0.2) is 60.3 Å². The average Bonchev–Trinajstić information content (AvgIpc) is 3.42. The Morgan fingerprint density at radius 2 is 1.44 bits per heavy atom. The van der Waals surface area contributed by atoms with Crippen molar-refractivity contribution in [1.82, 2.24) is 15.2 Å². The topological polar surface area (TPSA) is 68.4 Å². The molecule has 1 aliphatic rings. The minimum absolute atomic E-state index is 0.0445. The van der Waals surface area contributed by atoms with Gasteiger partial charge in [0.15, 0.2) is 5.78 Å².